The van der Waals surface area contributed by atoms with Crippen LogP contribution in [0.1, 0.15) is 59.2 Å². The molecule has 2 aromatic rings. The zero-order valence-electron chi connectivity index (χ0n) is 15.2. The third kappa shape index (κ3) is 3.74. The van der Waals surface area contributed by atoms with E-state index in [9.17, 15) is 15.0 Å². The standard InChI is InChI=1S/C22H25NO3/c1-14-7-6-10-17(11-14)20-18(24)12-15(2)19(21(20)25)22(26)23-13-16-8-4-3-5-9-16/h3-5,8-9,11-12,17,24-25H,6-7,10,13H2,1-2H3,(H,23,26). The molecule has 0 spiro atoms. The number of amides is 1. The fourth-order valence-corrected chi connectivity index (χ4v) is 3.66. The molecule has 1 unspecified atom stereocenters. The van der Waals surface area contributed by atoms with Gasteiger partial charge >= 0.3 is 0 Å². The predicted molar refractivity (Wildman–Crippen MR) is 102 cm³/mol. The highest BCUT2D eigenvalue weighted by molar-refractivity contribution is 5.99. The lowest BCUT2D eigenvalue weighted by Crippen LogP contribution is -2.24. The minimum Gasteiger partial charge on any atom is -0.507 e. The number of carbonyl (C=O) groups excluding carboxylic acids is 1. The van der Waals surface area contributed by atoms with Crippen LogP contribution in [0.2, 0.25) is 0 Å². The van der Waals surface area contributed by atoms with Crippen molar-refractivity contribution in [2.75, 3.05) is 0 Å². The quantitative estimate of drug-likeness (QED) is 0.708. The molecule has 1 atom stereocenters. The molecule has 136 valence electrons. The first-order valence-corrected chi connectivity index (χ1v) is 9.02. The Bertz CT molecular complexity index is 840. The lowest BCUT2D eigenvalue weighted by molar-refractivity contribution is 0.0947. The summed E-state index contributed by atoms with van der Waals surface area (Å²) in [7, 11) is 0. The highest BCUT2D eigenvalue weighted by atomic mass is 16.3. The maximum absolute atomic E-state index is 12.7. The molecule has 26 heavy (non-hydrogen) atoms. The largest absolute Gasteiger partial charge is 0.507 e. The van der Waals surface area contributed by atoms with Gasteiger partial charge in [0, 0.05) is 18.0 Å². The minimum atomic E-state index is -0.332. The zero-order valence-corrected chi connectivity index (χ0v) is 15.2. The predicted octanol–water partition coefficient (Wildman–Crippen LogP) is 4.55. The molecule has 2 aromatic carbocycles. The molecule has 3 rings (SSSR count). The van der Waals surface area contributed by atoms with Crippen molar-refractivity contribution in [1.82, 2.24) is 5.32 Å². The van der Waals surface area contributed by atoms with Gasteiger partial charge in [0.2, 0.25) is 0 Å². The summed E-state index contributed by atoms with van der Waals surface area (Å²) in [6.07, 6.45) is 4.98. The number of carbonyl (C=O) groups is 1. The summed E-state index contributed by atoms with van der Waals surface area (Å²) in [6.45, 7) is 4.17. The van der Waals surface area contributed by atoms with Crippen LogP contribution in [0.15, 0.2) is 48.0 Å². The molecule has 0 saturated heterocycles. The van der Waals surface area contributed by atoms with E-state index in [4.69, 9.17) is 0 Å². The summed E-state index contributed by atoms with van der Waals surface area (Å²) in [5.41, 5.74) is 3.49. The third-order valence-electron chi connectivity index (χ3n) is 4.98. The van der Waals surface area contributed by atoms with Gasteiger partial charge in [-0.25, -0.2) is 0 Å². The Morgan fingerprint density at radius 1 is 1.19 bits per heavy atom. The van der Waals surface area contributed by atoms with Gasteiger partial charge in [0.15, 0.2) is 0 Å². The molecule has 0 radical (unpaired) electrons. The summed E-state index contributed by atoms with van der Waals surface area (Å²) in [6, 6.07) is 11.2. The molecular formula is C22H25NO3. The van der Waals surface area contributed by atoms with Gasteiger partial charge in [0.05, 0.1) is 5.56 Å². The highest BCUT2D eigenvalue weighted by Gasteiger charge is 2.26. The summed E-state index contributed by atoms with van der Waals surface area (Å²) in [4.78, 5) is 12.7. The molecule has 0 fully saturated rings. The Hall–Kier alpha value is -2.75. The summed E-state index contributed by atoms with van der Waals surface area (Å²) in [5.74, 6) is -0.453. The second kappa shape index (κ2) is 7.65. The number of hydrogen-bond acceptors (Lipinski definition) is 3. The van der Waals surface area contributed by atoms with E-state index in [2.05, 4.69) is 18.3 Å². The molecule has 1 aliphatic carbocycles. The van der Waals surface area contributed by atoms with E-state index in [0.717, 1.165) is 24.8 Å². The lowest BCUT2D eigenvalue weighted by atomic mass is 9.83. The Balaban J connectivity index is 1.90. The second-order valence-corrected chi connectivity index (χ2v) is 7.03. The van der Waals surface area contributed by atoms with Gasteiger partial charge in [-0.05, 0) is 50.3 Å². The number of hydrogen-bond donors (Lipinski definition) is 3. The first kappa shape index (κ1) is 18.1. The maximum Gasteiger partial charge on any atom is 0.255 e. The van der Waals surface area contributed by atoms with Crippen LogP contribution < -0.4 is 5.32 Å². The van der Waals surface area contributed by atoms with Gasteiger partial charge in [-0.1, -0.05) is 42.0 Å². The summed E-state index contributed by atoms with van der Waals surface area (Å²) >= 11 is 0. The van der Waals surface area contributed by atoms with Crippen molar-refractivity contribution in [2.24, 2.45) is 0 Å². The number of phenols is 2. The summed E-state index contributed by atoms with van der Waals surface area (Å²) in [5, 5.41) is 24.1. The van der Waals surface area contributed by atoms with Crippen molar-refractivity contribution in [3.63, 3.8) is 0 Å². The maximum atomic E-state index is 12.7. The van der Waals surface area contributed by atoms with Crippen molar-refractivity contribution in [3.8, 4) is 11.5 Å². The second-order valence-electron chi connectivity index (χ2n) is 7.03. The Labute approximate surface area is 154 Å². The van der Waals surface area contributed by atoms with Crippen LogP contribution in [-0.4, -0.2) is 16.1 Å². The monoisotopic (exact) mass is 351 g/mol. The number of nitrogens with one attached hydrogen (secondary N) is 1. The van der Waals surface area contributed by atoms with Crippen molar-refractivity contribution in [1.29, 1.82) is 0 Å². The van der Waals surface area contributed by atoms with Crippen LogP contribution >= 0.6 is 0 Å². The molecule has 0 saturated carbocycles. The first-order valence-electron chi connectivity index (χ1n) is 9.02. The van der Waals surface area contributed by atoms with Gasteiger partial charge in [0.1, 0.15) is 11.5 Å². The molecule has 4 nitrogen and oxygen atoms in total. The summed E-state index contributed by atoms with van der Waals surface area (Å²) < 4.78 is 0. The average molecular weight is 351 g/mol. The highest BCUT2D eigenvalue weighted by Crippen LogP contribution is 2.43. The molecule has 3 N–H and O–H groups in total. The molecule has 0 bridgehead atoms. The number of benzene rings is 2. The molecule has 0 aliphatic heterocycles. The van der Waals surface area contributed by atoms with Crippen molar-refractivity contribution in [2.45, 2.75) is 45.6 Å². The Morgan fingerprint density at radius 3 is 2.62 bits per heavy atom. The fourth-order valence-electron chi connectivity index (χ4n) is 3.66. The van der Waals surface area contributed by atoms with E-state index in [1.165, 1.54) is 5.57 Å². The number of rotatable bonds is 4. The van der Waals surface area contributed by atoms with E-state index in [1.54, 1.807) is 13.0 Å². The molecule has 1 amide bonds. The van der Waals surface area contributed by atoms with E-state index < -0.39 is 0 Å². The normalized spacial score (nSPS) is 16.8. The van der Waals surface area contributed by atoms with Crippen LogP contribution in [0.5, 0.6) is 11.5 Å². The fraction of sp³-hybridized carbons (Fsp3) is 0.318. The van der Waals surface area contributed by atoms with Crippen molar-refractivity contribution >= 4 is 5.91 Å². The number of aryl methyl sites for hydroxylation is 1. The smallest absolute Gasteiger partial charge is 0.255 e. The Kier molecular flexibility index (Phi) is 5.31. The van der Waals surface area contributed by atoms with Crippen molar-refractivity contribution < 1.29 is 15.0 Å². The number of aromatic hydroxyl groups is 2. The topological polar surface area (TPSA) is 69.6 Å². The van der Waals surface area contributed by atoms with Gasteiger partial charge < -0.3 is 15.5 Å². The molecular weight excluding hydrogens is 326 g/mol. The van der Waals surface area contributed by atoms with Crippen LogP contribution in [0.25, 0.3) is 0 Å². The molecule has 4 heteroatoms. The third-order valence-corrected chi connectivity index (χ3v) is 4.98. The van der Waals surface area contributed by atoms with Crippen LogP contribution in [0.4, 0.5) is 0 Å². The van der Waals surface area contributed by atoms with Crippen LogP contribution in [0, 0.1) is 6.92 Å². The van der Waals surface area contributed by atoms with Gasteiger partial charge in [-0.3, -0.25) is 4.79 Å². The van der Waals surface area contributed by atoms with Gasteiger partial charge in [-0.2, -0.15) is 0 Å². The first-order chi connectivity index (χ1) is 12.5. The molecule has 0 aromatic heterocycles. The Morgan fingerprint density at radius 2 is 1.92 bits per heavy atom. The van der Waals surface area contributed by atoms with Gasteiger partial charge in [-0.15, -0.1) is 0 Å². The van der Waals surface area contributed by atoms with E-state index in [0.29, 0.717) is 17.7 Å². The lowest BCUT2D eigenvalue weighted by Gasteiger charge is -2.23. The molecule has 0 heterocycles. The van der Waals surface area contributed by atoms with Gasteiger partial charge in [0.25, 0.3) is 5.91 Å². The van der Waals surface area contributed by atoms with E-state index in [1.807, 2.05) is 30.3 Å². The van der Waals surface area contributed by atoms with Crippen LogP contribution in [0.3, 0.4) is 0 Å². The minimum absolute atomic E-state index is 0.0514. The number of phenolic OH excluding ortho intramolecular Hbond substituents is 2. The van der Waals surface area contributed by atoms with E-state index >= 15 is 0 Å². The number of allylic oxidation sites excluding steroid dienone is 2. The van der Waals surface area contributed by atoms with Crippen LogP contribution in [-0.2, 0) is 6.54 Å². The van der Waals surface area contributed by atoms with Crippen molar-refractivity contribution in [3.05, 3.63) is 70.3 Å². The molecule has 1 aliphatic rings. The zero-order chi connectivity index (χ0) is 18.7. The van der Waals surface area contributed by atoms with E-state index in [-0.39, 0.29) is 28.9 Å². The average Bonchev–Trinajstić information content (AvgIpc) is 2.60. The SMILES string of the molecule is CC1=CC(c2c(O)cc(C)c(C(=O)NCc3ccccc3)c2O)CCC1.